The van der Waals surface area contributed by atoms with Crippen molar-refractivity contribution in [2.45, 2.75) is 33.8 Å². The lowest BCUT2D eigenvalue weighted by Gasteiger charge is -2.25. The van der Waals surface area contributed by atoms with Gasteiger partial charge in [-0.25, -0.2) is 0 Å². The molecule has 1 N–H and O–H groups in total. The molecule has 0 radical (unpaired) electrons. The molecule has 0 bridgehead atoms. The van der Waals surface area contributed by atoms with Gasteiger partial charge in [-0.05, 0) is 31.0 Å². The minimum absolute atomic E-state index is 0.264. The molecular weight excluding hydrogens is 284 g/mol. The third-order valence-corrected chi connectivity index (χ3v) is 6.71. The van der Waals surface area contributed by atoms with Crippen molar-refractivity contribution in [3.63, 3.8) is 0 Å². The zero-order valence-corrected chi connectivity index (χ0v) is 13.0. The summed E-state index contributed by atoms with van der Waals surface area (Å²) < 4.78 is 0.396. The summed E-state index contributed by atoms with van der Waals surface area (Å²) >= 11 is 3.79. The second kappa shape index (κ2) is 6.25. The van der Waals surface area contributed by atoms with E-state index in [2.05, 4.69) is 48.5 Å². The van der Waals surface area contributed by atoms with E-state index in [0.29, 0.717) is 4.58 Å². The van der Waals surface area contributed by atoms with Gasteiger partial charge in [0.1, 0.15) is 0 Å². The summed E-state index contributed by atoms with van der Waals surface area (Å²) in [7, 11) is 0. The maximum atomic E-state index is 10.2. The first-order valence-corrected chi connectivity index (χ1v) is 8.64. The molecule has 1 aliphatic rings. The third kappa shape index (κ3) is 3.05. The smallest absolute Gasteiger partial charge is 0.0653 e. The minimum Gasteiger partial charge on any atom is -0.393 e. The topological polar surface area (TPSA) is 20.2 Å². The van der Waals surface area contributed by atoms with E-state index in [9.17, 15) is 5.11 Å². The highest BCUT2D eigenvalue weighted by Gasteiger charge is 2.32. The van der Waals surface area contributed by atoms with Gasteiger partial charge >= 0.3 is 0 Å². The van der Waals surface area contributed by atoms with Gasteiger partial charge in [0, 0.05) is 15.7 Å². The van der Waals surface area contributed by atoms with Crippen LogP contribution in [0.15, 0.2) is 64.4 Å². The number of hydrogen-bond acceptors (Lipinski definition) is 3. The van der Waals surface area contributed by atoms with Gasteiger partial charge in [0.15, 0.2) is 0 Å². The zero-order valence-electron chi connectivity index (χ0n) is 11.4. The molecule has 0 aliphatic carbocycles. The molecule has 1 heterocycles. The van der Waals surface area contributed by atoms with Crippen LogP contribution in [0.1, 0.15) is 12.5 Å². The normalized spacial score (nSPS) is 17.7. The molecule has 0 spiro atoms. The first-order chi connectivity index (χ1) is 9.74. The zero-order chi connectivity index (χ0) is 13.9. The Bertz CT molecular complexity index is 543. The predicted molar refractivity (Wildman–Crippen MR) is 87.3 cm³/mol. The molecule has 0 saturated carbocycles. The SMILES string of the molecule is CC(O)[C@H](Cc1ccccc1)C1Sc2ccccc2S1. The van der Waals surface area contributed by atoms with E-state index in [-0.39, 0.29) is 12.0 Å². The van der Waals surface area contributed by atoms with Crippen LogP contribution in [0, 0.1) is 5.92 Å². The van der Waals surface area contributed by atoms with E-state index in [1.807, 2.05) is 36.5 Å². The van der Waals surface area contributed by atoms with Crippen LogP contribution < -0.4 is 0 Å². The van der Waals surface area contributed by atoms with Crippen LogP contribution >= 0.6 is 23.5 Å². The molecule has 0 saturated heterocycles. The fraction of sp³-hybridized carbons (Fsp3) is 0.294. The van der Waals surface area contributed by atoms with Gasteiger partial charge in [-0.3, -0.25) is 0 Å². The third-order valence-electron chi connectivity index (χ3n) is 3.62. The number of hydrogen-bond donors (Lipinski definition) is 1. The fourth-order valence-electron chi connectivity index (χ4n) is 2.47. The summed E-state index contributed by atoms with van der Waals surface area (Å²) in [4.78, 5) is 2.70. The number of benzene rings is 2. The van der Waals surface area contributed by atoms with Gasteiger partial charge in [0.05, 0.1) is 10.7 Å². The van der Waals surface area contributed by atoms with E-state index in [1.165, 1.54) is 15.4 Å². The molecule has 104 valence electrons. The molecule has 1 aliphatic heterocycles. The van der Waals surface area contributed by atoms with E-state index in [4.69, 9.17) is 0 Å². The van der Waals surface area contributed by atoms with Gasteiger partial charge < -0.3 is 5.11 Å². The van der Waals surface area contributed by atoms with Gasteiger partial charge in [-0.15, -0.1) is 23.5 Å². The van der Waals surface area contributed by atoms with Crippen molar-refractivity contribution in [1.29, 1.82) is 0 Å². The minimum atomic E-state index is -0.297. The molecule has 2 aromatic rings. The van der Waals surface area contributed by atoms with E-state index >= 15 is 0 Å². The Morgan fingerprint density at radius 2 is 1.50 bits per heavy atom. The van der Waals surface area contributed by atoms with Crippen molar-refractivity contribution >= 4 is 23.5 Å². The molecule has 3 heteroatoms. The average molecular weight is 302 g/mol. The molecule has 2 aromatic carbocycles. The van der Waals surface area contributed by atoms with E-state index in [1.54, 1.807) is 0 Å². The van der Waals surface area contributed by atoms with Crippen LogP contribution in [0.4, 0.5) is 0 Å². The maximum Gasteiger partial charge on any atom is 0.0653 e. The number of thioether (sulfide) groups is 2. The van der Waals surface area contributed by atoms with E-state index in [0.717, 1.165) is 6.42 Å². The highest BCUT2D eigenvalue weighted by Crippen LogP contribution is 2.51. The molecular formula is C17H18OS2. The quantitative estimate of drug-likeness (QED) is 0.901. The van der Waals surface area contributed by atoms with Crippen molar-refractivity contribution < 1.29 is 5.11 Å². The molecule has 20 heavy (non-hydrogen) atoms. The molecule has 0 fully saturated rings. The summed E-state index contributed by atoms with van der Waals surface area (Å²) in [5.74, 6) is 0.264. The molecule has 2 atom stereocenters. The Morgan fingerprint density at radius 3 is 2.05 bits per heavy atom. The van der Waals surface area contributed by atoms with Crippen LogP contribution in [0.2, 0.25) is 0 Å². The Morgan fingerprint density at radius 1 is 0.950 bits per heavy atom. The van der Waals surface area contributed by atoms with Crippen molar-refractivity contribution in [3.05, 3.63) is 60.2 Å². The Hall–Kier alpha value is -0.900. The monoisotopic (exact) mass is 302 g/mol. The van der Waals surface area contributed by atoms with Crippen molar-refractivity contribution in [2.75, 3.05) is 0 Å². The van der Waals surface area contributed by atoms with E-state index < -0.39 is 0 Å². The highest BCUT2D eigenvalue weighted by molar-refractivity contribution is 8.19. The second-order valence-electron chi connectivity index (χ2n) is 5.15. The summed E-state index contributed by atoms with van der Waals surface area (Å²) in [6.07, 6.45) is 0.631. The lowest BCUT2D eigenvalue weighted by Crippen LogP contribution is -2.26. The van der Waals surface area contributed by atoms with Crippen LogP contribution in [0.25, 0.3) is 0 Å². The van der Waals surface area contributed by atoms with Crippen LogP contribution in [-0.2, 0) is 6.42 Å². The first kappa shape index (κ1) is 14.1. The van der Waals surface area contributed by atoms with Crippen LogP contribution in [0.3, 0.4) is 0 Å². The maximum absolute atomic E-state index is 10.2. The average Bonchev–Trinajstić information content (AvgIpc) is 2.89. The molecule has 1 nitrogen and oxygen atoms in total. The van der Waals surface area contributed by atoms with Gasteiger partial charge in [0.2, 0.25) is 0 Å². The lowest BCUT2D eigenvalue weighted by molar-refractivity contribution is 0.134. The van der Waals surface area contributed by atoms with Gasteiger partial charge in [-0.2, -0.15) is 0 Å². The summed E-state index contributed by atoms with van der Waals surface area (Å²) in [6, 6.07) is 19.0. The van der Waals surface area contributed by atoms with Crippen LogP contribution in [0.5, 0.6) is 0 Å². The Labute approximate surface area is 128 Å². The fourth-order valence-corrected chi connectivity index (χ4v) is 5.76. The van der Waals surface area contributed by atoms with Crippen molar-refractivity contribution in [2.24, 2.45) is 5.92 Å². The summed E-state index contributed by atoms with van der Waals surface area (Å²) in [5.41, 5.74) is 1.30. The highest BCUT2D eigenvalue weighted by atomic mass is 32.2. The number of aliphatic hydroxyl groups is 1. The Balaban J connectivity index is 1.76. The van der Waals surface area contributed by atoms with Crippen molar-refractivity contribution in [1.82, 2.24) is 0 Å². The van der Waals surface area contributed by atoms with Crippen molar-refractivity contribution in [3.8, 4) is 0 Å². The predicted octanol–water partition coefficient (Wildman–Crippen LogP) is 4.45. The van der Waals surface area contributed by atoms with Gasteiger partial charge in [-0.1, -0.05) is 42.5 Å². The van der Waals surface area contributed by atoms with Crippen LogP contribution in [-0.4, -0.2) is 15.8 Å². The standard InChI is InChI=1S/C17H18OS2/c1-12(18)14(11-13-7-3-2-4-8-13)17-19-15-9-5-6-10-16(15)20-17/h2-10,12,14,17-18H,11H2,1H3/t12?,14-/m0/s1. The number of aliphatic hydroxyl groups excluding tert-OH is 1. The second-order valence-corrected chi connectivity index (χ2v) is 7.81. The van der Waals surface area contributed by atoms with Gasteiger partial charge in [0.25, 0.3) is 0 Å². The largest absolute Gasteiger partial charge is 0.393 e. The first-order valence-electron chi connectivity index (χ1n) is 6.88. The molecule has 1 unspecified atom stereocenters. The summed E-state index contributed by atoms with van der Waals surface area (Å²) in [6.45, 7) is 1.91. The summed E-state index contributed by atoms with van der Waals surface area (Å²) in [5, 5.41) is 10.2. The molecule has 0 amide bonds. The molecule has 0 aromatic heterocycles. The molecule has 3 rings (SSSR count). The number of fused-ring (bicyclic) bond motifs is 1. The lowest BCUT2D eigenvalue weighted by atomic mass is 9.96. The number of rotatable bonds is 4. The Kier molecular flexibility index (Phi) is 4.39.